The van der Waals surface area contributed by atoms with E-state index in [2.05, 4.69) is 15.4 Å². The highest BCUT2D eigenvalue weighted by Gasteiger charge is 2.15. The van der Waals surface area contributed by atoms with Crippen LogP contribution in [-0.4, -0.2) is 26.4 Å². The Balaban J connectivity index is 1.94. The van der Waals surface area contributed by atoms with Crippen LogP contribution in [-0.2, 0) is 0 Å². The summed E-state index contributed by atoms with van der Waals surface area (Å²) in [4.78, 5) is 10.8. The number of aryl methyl sites for hydroxylation is 1. The molecule has 0 aliphatic carbocycles. The molecule has 2 aromatic heterocycles. The molecule has 100 valence electrons. The van der Waals surface area contributed by atoms with Crippen LogP contribution in [0.25, 0.3) is 22.9 Å². The molecule has 0 saturated heterocycles. The number of carboxylic acids is 1. The number of carbonyl (C=O) groups is 1. The maximum Gasteiger partial charge on any atom is 0.335 e. The zero-order chi connectivity index (χ0) is 14.1. The Morgan fingerprint density at radius 3 is 2.45 bits per heavy atom. The van der Waals surface area contributed by atoms with Gasteiger partial charge in [-0.15, -0.1) is 10.2 Å². The minimum Gasteiger partial charge on any atom is -0.478 e. The fourth-order valence-corrected chi connectivity index (χ4v) is 1.71. The number of carboxylic acid groups (broad SMARTS) is 1. The van der Waals surface area contributed by atoms with Crippen LogP contribution in [0.1, 0.15) is 16.1 Å². The van der Waals surface area contributed by atoms with E-state index < -0.39 is 5.97 Å². The molecule has 2 heterocycles. The minimum atomic E-state index is -0.983. The molecule has 0 spiro atoms. The van der Waals surface area contributed by atoms with E-state index in [1.54, 1.807) is 19.1 Å². The standard InChI is InChI=1S/C13H9N3O4/c1-7-10(6-14-20-7)12-16-15-11(19-12)8-2-4-9(5-3-8)13(17)18/h2-6H,1H3,(H,17,18). The quantitative estimate of drug-likeness (QED) is 0.780. The maximum absolute atomic E-state index is 10.8. The first-order chi connectivity index (χ1) is 9.65. The first-order valence-electron chi connectivity index (χ1n) is 5.74. The van der Waals surface area contributed by atoms with E-state index in [9.17, 15) is 4.79 Å². The monoisotopic (exact) mass is 271 g/mol. The Hall–Kier alpha value is -2.96. The van der Waals surface area contributed by atoms with Gasteiger partial charge in [0, 0.05) is 5.56 Å². The van der Waals surface area contributed by atoms with Crippen LogP contribution in [0.5, 0.6) is 0 Å². The molecule has 0 amide bonds. The third kappa shape index (κ3) is 2.05. The molecular formula is C13H9N3O4. The van der Waals surface area contributed by atoms with Gasteiger partial charge in [0.1, 0.15) is 11.3 Å². The van der Waals surface area contributed by atoms with E-state index in [4.69, 9.17) is 14.0 Å². The van der Waals surface area contributed by atoms with Gasteiger partial charge in [-0.25, -0.2) is 4.79 Å². The molecule has 7 nitrogen and oxygen atoms in total. The van der Waals surface area contributed by atoms with Crippen LogP contribution in [0.4, 0.5) is 0 Å². The first-order valence-corrected chi connectivity index (χ1v) is 5.74. The van der Waals surface area contributed by atoms with E-state index in [1.165, 1.54) is 18.3 Å². The summed E-state index contributed by atoms with van der Waals surface area (Å²) in [5.74, 6) is 0.211. The highest BCUT2D eigenvalue weighted by Crippen LogP contribution is 2.25. The molecule has 0 bridgehead atoms. The third-order valence-corrected chi connectivity index (χ3v) is 2.78. The van der Waals surface area contributed by atoms with E-state index in [-0.39, 0.29) is 5.56 Å². The zero-order valence-corrected chi connectivity index (χ0v) is 10.4. The summed E-state index contributed by atoms with van der Waals surface area (Å²) < 4.78 is 10.5. The van der Waals surface area contributed by atoms with Crippen LogP contribution in [0, 0.1) is 6.92 Å². The van der Waals surface area contributed by atoms with Gasteiger partial charge >= 0.3 is 5.97 Å². The summed E-state index contributed by atoms with van der Waals surface area (Å²) >= 11 is 0. The molecule has 0 aliphatic heterocycles. The van der Waals surface area contributed by atoms with Crippen LogP contribution in [0.3, 0.4) is 0 Å². The van der Waals surface area contributed by atoms with E-state index >= 15 is 0 Å². The molecule has 3 rings (SSSR count). The van der Waals surface area contributed by atoms with Crippen molar-refractivity contribution < 1.29 is 18.8 Å². The molecule has 1 N–H and O–H groups in total. The van der Waals surface area contributed by atoms with Gasteiger partial charge in [-0.1, -0.05) is 5.16 Å². The summed E-state index contributed by atoms with van der Waals surface area (Å²) in [5, 5.41) is 20.3. The predicted octanol–water partition coefficient (Wildman–Crippen LogP) is 2.40. The fraction of sp³-hybridized carbons (Fsp3) is 0.0769. The van der Waals surface area contributed by atoms with E-state index in [0.717, 1.165) is 0 Å². The van der Waals surface area contributed by atoms with Crippen molar-refractivity contribution in [1.82, 2.24) is 15.4 Å². The van der Waals surface area contributed by atoms with Crippen molar-refractivity contribution in [3.05, 3.63) is 41.8 Å². The summed E-state index contributed by atoms with van der Waals surface area (Å²) in [6.07, 6.45) is 1.50. The number of aromatic nitrogens is 3. The van der Waals surface area contributed by atoms with Crippen LogP contribution < -0.4 is 0 Å². The van der Waals surface area contributed by atoms with Gasteiger partial charge in [-0.3, -0.25) is 0 Å². The normalized spacial score (nSPS) is 10.7. The molecule has 0 fully saturated rings. The fourth-order valence-electron chi connectivity index (χ4n) is 1.71. The number of aromatic carboxylic acids is 1. The average molecular weight is 271 g/mol. The number of benzene rings is 1. The van der Waals surface area contributed by atoms with E-state index in [0.29, 0.717) is 28.7 Å². The Labute approximate surface area is 112 Å². The molecule has 3 aromatic rings. The topological polar surface area (TPSA) is 102 Å². The second-order valence-corrected chi connectivity index (χ2v) is 4.09. The van der Waals surface area contributed by atoms with Crippen LogP contribution in [0.2, 0.25) is 0 Å². The van der Waals surface area contributed by atoms with Crippen molar-refractivity contribution in [2.75, 3.05) is 0 Å². The van der Waals surface area contributed by atoms with Crippen LogP contribution >= 0.6 is 0 Å². The lowest BCUT2D eigenvalue weighted by molar-refractivity contribution is 0.0697. The van der Waals surface area contributed by atoms with Gasteiger partial charge in [0.05, 0.1) is 11.8 Å². The predicted molar refractivity (Wildman–Crippen MR) is 66.9 cm³/mol. The largest absolute Gasteiger partial charge is 0.478 e. The molecule has 0 aliphatic rings. The van der Waals surface area contributed by atoms with Crippen molar-refractivity contribution in [1.29, 1.82) is 0 Å². The second-order valence-electron chi connectivity index (χ2n) is 4.09. The molecule has 0 unspecified atom stereocenters. The van der Waals surface area contributed by atoms with Gasteiger partial charge in [-0.2, -0.15) is 0 Å². The Morgan fingerprint density at radius 1 is 1.15 bits per heavy atom. The Kier molecular flexibility index (Phi) is 2.79. The van der Waals surface area contributed by atoms with Gasteiger partial charge in [-0.05, 0) is 31.2 Å². The molecule has 7 heteroatoms. The van der Waals surface area contributed by atoms with Crippen molar-refractivity contribution in [3.63, 3.8) is 0 Å². The van der Waals surface area contributed by atoms with Gasteiger partial charge in [0.15, 0.2) is 0 Å². The van der Waals surface area contributed by atoms with Crippen LogP contribution in [0.15, 0.2) is 39.4 Å². The molecule has 1 aromatic carbocycles. The third-order valence-electron chi connectivity index (χ3n) is 2.78. The summed E-state index contributed by atoms with van der Waals surface area (Å²) in [5.41, 5.74) is 1.47. The van der Waals surface area contributed by atoms with Crippen molar-refractivity contribution in [2.45, 2.75) is 6.92 Å². The minimum absolute atomic E-state index is 0.198. The van der Waals surface area contributed by atoms with Crippen molar-refractivity contribution >= 4 is 5.97 Å². The number of hydrogen-bond donors (Lipinski definition) is 1. The van der Waals surface area contributed by atoms with Crippen molar-refractivity contribution in [3.8, 4) is 22.9 Å². The lowest BCUT2D eigenvalue weighted by Crippen LogP contribution is -1.94. The lowest BCUT2D eigenvalue weighted by atomic mass is 10.1. The smallest absolute Gasteiger partial charge is 0.335 e. The first kappa shape index (κ1) is 12.1. The van der Waals surface area contributed by atoms with Crippen molar-refractivity contribution in [2.24, 2.45) is 0 Å². The highest BCUT2D eigenvalue weighted by atomic mass is 16.5. The highest BCUT2D eigenvalue weighted by molar-refractivity contribution is 5.88. The Morgan fingerprint density at radius 2 is 1.85 bits per heavy atom. The molecule has 0 saturated carbocycles. The van der Waals surface area contributed by atoms with E-state index in [1.807, 2.05) is 0 Å². The molecule has 20 heavy (non-hydrogen) atoms. The number of rotatable bonds is 3. The average Bonchev–Trinajstić information content (AvgIpc) is 3.07. The zero-order valence-electron chi connectivity index (χ0n) is 10.4. The Bertz CT molecular complexity index is 758. The number of hydrogen-bond acceptors (Lipinski definition) is 6. The summed E-state index contributed by atoms with van der Waals surface area (Å²) in [6, 6.07) is 6.18. The van der Waals surface area contributed by atoms with Gasteiger partial charge in [0.25, 0.3) is 5.89 Å². The number of nitrogens with zero attached hydrogens (tertiary/aromatic N) is 3. The van der Waals surface area contributed by atoms with Gasteiger partial charge < -0.3 is 14.0 Å². The SMILES string of the molecule is Cc1oncc1-c1nnc(-c2ccc(C(=O)O)cc2)o1. The molecular weight excluding hydrogens is 262 g/mol. The summed E-state index contributed by atoms with van der Waals surface area (Å²) in [6.45, 7) is 1.74. The maximum atomic E-state index is 10.8. The molecule has 0 radical (unpaired) electrons. The van der Waals surface area contributed by atoms with Gasteiger partial charge in [0.2, 0.25) is 5.89 Å². The molecule has 0 atom stereocenters. The summed E-state index contributed by atoms with van der Waals surface area (Å²) in [7, 11) is 0. The second kappa shape index (κ2) is 4.61. The lowest BCUT2D eigenvalue weighted by Gasteiger charge is -1.96.